The Balaban J connectivity index is 3.78. The molecular formula is C23H48. The summed E-state index contributed by atoms with van der Waals surface area (Å²) >= 11 is 0. The van der Waals surface area contributed by atoms with E-state index in [1.165, 1.54) is 89.9 Å². The predicted molar refractivity (Wildman–Crippen MR) is 108 cm³/mol. The second kappa shape index (κ2) is 14.4. The largest absolute Gasteiger partial charge is 0.0654 e. The van der Waals surface area contributed by atoms with Crippen molar-refractivity contribution in [1.82, 2.24) is 0 Å². The van der Waals surface area contributed by atoms with E-state index in [1.807, 2.05) is 0 Å². The summed E-state index contributed by atoms with van der Waals surface area (Å²) in [4.78, 5) is 0. The summed E-state index contributed by atoms with van der Waals surface area (Å²) in [5, 5.41) is 0. The topological polar surface area (TPSA) is 0 Å². The maximum Gasteiger partial charge on any atom is -0.0383 e. The quantitative estimate of drug-likeness (QED) is 0.264. The molecule has 0 radical (unpaired) electrons. The summed E-state index contributed by atoms with van der Waals surface area (Å²) in [5.41, 5.74) is 0.519. The molecular weight excluding hydrogens is 276 g/mol. The van der Waals surface area contributed by atoms with Crippen LogP contribution in [0.25, 0.3) is 0 Å². The van der Waals surface area contributed by atoms with Crippen molar-refractivity contribution in [1.29, 1.82) is 0 Å². The van der Waals surface area contributed by atoms with Gasteiger partial charge in [0.2, 0.25) is 0 Å². The molecule has 0 amide bonds. The van der Waals surface area contributed by atoms with E-state index in [9.17, 15) is 0 Å². The van der Waals surface area contributed by atoms with Crippen LogP contribution in [0.4, 0.5) is 0 Å². The average Bonchev–Trinajstić information content (AvgIpc) is 2.46. The molecule has 0 aliphatic heterocycles. The highest BCUT2D eigenvalue weighted by Gasteiger charge is 2.14. The van der Waals surface area contributed by atoms with Gasteiger partial charge < -0.3 is 0 Å². The van der Waals surface area contributed by atoms with E-state index in [0.717, 1.165) is 11.8 Å². The standard InChI is InChI=1S/C23H48/c1-7-9-10-11-12-13-17-21(3)20-22(16-8-2)18-14-15-19-23(4,5)6/h21-22H,7-20H2,1-6H3. The van der Waals surface area contributed by atoms with Gasteiger partial charge in [-0.3, -0.25) is 0 Å². The van der Waals surface area contributed by atoms with Gasteiger partial charge in [0.25, 0.3) is 0 Å². The van der Waals surface area contributed by atoms with Crippen LogP contribution in [0.3, 0.4) is 0 Å². The SMILES string of the molecule is CCCCCCCCC(C)CC(CCC)CCCCC(C)(C)C. The van der Waals surface area contributed by atoms with Gasteiger partial charge in [-0.25, -0.2) is 0 Å². The highest BCUT2D eigenvalue weighted by atomic mass is 14.2. The van der Waals surface area contributed by atoms with Gasteiger partial charge in [-0.05, 0) is 30.1 Å². The molecule has 0 aliphatic carbocycles. The Morgan fingerprint density at radius 1 is 0.652 bits per heavy atom. The van der Waals surface area contributed by atoms with E-state index < -0.39 is 0 Å². The third-order valence-corrected chi connectivity index (χ3v) is 5.27. The maximum absolute atomic E-state index is 2.50. The van der Waals surface area contributed by atoms with E-state index in [1.54, 1.807) is 0 Å². The Morgan fingerprint density at radius 2 is 1.26 bits per heavy atom. The van der Waals surface area contributed by atoms with Crippen LogP contribution in [-0.4, -0.2) is 0 Å². The third kappa shape index (κ3) is 16.6. The maximum atomic E-state index is 2.50. The van der Waals surface area contributed by atoms with Gasteiger partial charge in [0, 0.05) is 0 Å². The molecule has 2 unspecified atom stereocenters. The molecule has 0 saturated heterocycles. The Morgan fingerprint density at radius 3 is 1.87 bits per heavy atom. The average molecular weight is 325 g/mol. The van der Waals surface area contributed by atoms with E-state index in [0.29, 0.717) is 5.41 Å². The van der Waals surface area contributed by atoms with Crippen molar-refractivity contribution in [3.8, 4) is 0 Å². The van der Waals surface area contributed by atoms with Crippen molar-refractivity contribution < 1.29 is 0 Å². The molecule has 0 nitrogen and oxygen atoms in total. The molecule has 0 rings (SSSR count). The molecule has 0 N–H and O–H groups in total. The molecule has 0 saturated carbocycles. The minimum atomic E-state index is 0.519. The molecule has 0 heteroatoms. The molecule has 0 fully saturated rings. The van der Waals surface area contributed by atoms with Crippen molar-refractivity contribution in [3.63, 3.8) is 0 Å². The smallest absolute Gasteiger partial charge is 0.0383 e. The number of unbranched alkanes of at least 4 members (excludes halogenated alkanes) is 6. The van der Waals surface area contributed by atoms with Crippen molar-refractivity contribution in [2.24, 2.45) is 17.3 Å². The number of rotatable bonds is 15. The lowest BCUT2D eigenvalue weighted by atomic mass is 9.84. The molecule has 0 heterocycles. The zero-order chi connectivity index (χ0) is 17.6. The van der Waals surface area contributed by atoms with Crippen molar-refractivity contribution >= 4 is 0 Å². The number of hydrogen-bond donors (Lipinski definition) is 0. The van der Waals surface area contributed by atoms with Crippen LogP contribution in [0.15, 0.2) is 0 Å². The summed E-state index contributed by atoms with van der Waals surface area (Å²) in [7, 11) is 0. The van der Waals surface area contributed by atoms with Gasteiger partial charge in [-0.2, -0.15) is 0 Å². The fourth-order valence-corrected chi connectivity index (χ4v) is 3.84. The Bertz CT molecular complexity index is 235. The summed E-state index contributed by atoms with van der Waals surface area (Å²) < 4.78 is 0. The van der Waals surface area contributed by atoms with Crippen molar-refractivity contribution in [3.05, 3.63) is 0 Å². The van der Waals surface area contributed by atoms with E-state index in [4.69, 9.17) is 0 Å². The van der Waals surface area contributed by atoms with Crippen LogP contribution in [0.5, 0.6) is 0 Å². The minimum Gasteiger partial charge on any atom is -0.0654 e. The van der Waals surface area contributed by atoms with E-state index in [2.05, 4.69) is 41.5 Å². The normalized spacial score (nSPS) is 14.9. The van der Waals surface area contributed by atoms with Gasteiger partial charge in [0.15, 0.2) is 0 Å². The van der Waals surface area contributed by atoms with Gasteiger partial charge in [-0.15, -0.1) is 0 Å². The zero-order valence-electron chi connectivity index (χ0n) is 17.6. The predicted octanol–water partition coefficient (Wildman–Crippen LogP) is 8.79. The molecule has 2 atom stereocenters. The van der Waals surface area contributed by atoms with Gasteiger partial charge in [0.1, 0.15) is 0 Å². The second-order valence-electron chi connectivity index (χ2n) is 9.36. The molecule has 0 aromatic heterocycles. The first kappa shape index (κ1) is 23.0. The highest BCUT2D eigenvalue weighted by molar-refractivity contribution is 4.67. The highest BCUT2D eigenvalue weighted by Crippen LogP contribution is 2.28. The first-order valence-corrected chi connectivity index (χ1v) is 10.9. The van der Waals surface area contributed by atoms with Crippen LogP contribution < -0.4 is 0 Å². The van der Waals surface area contributed by atoms with Crippen LogP contribution in [0.2, 0.25) is 0 Å². The molecule has 0 bridgehead atoms. The Labute approximate surface area is 149 Å². The van der Waals surface area contributed by atoms with Gasteiger partial charge in [0.05, 0.1) is 0 Å². The van der Waals surface area contributed by atoms with Crippen LogP contribution in [0, 0.1) is 17.3 Å². The van der Waals surface area contributed by atoms with Crippen LogP contribution >= 0.6 is 0 Å². The monoisotopic (exact) mass is 324 g/mol. The van der Waals surface area contributed by atoms with Crippen LogP contribution in [-0.2, 0) is 0 Å². The van der Waals surface area contributed by atoms with E-state index in [-0.39, 0.29) is 0 Å². The fraction of sp³-hybridized carbons (Fsp3) is 1.00. The summed E-state index contributed by atoms with van der Waals surface area (Å²) in [5.74, 6) is 1.94. The first-order valence-electron chi connectivity index (χ1n) is 10.9. The van der Waals surface area contributed by atoms with Crippen LogP contribution in [0.1, 0.15) is 131 Å². The molecule has 0 aliphatic rings. The molecule has 23 heavy (non-hydrogen) atoms. The molecule has 0 aromatic rings. The Kier molecular flexibility index (Phi) is 14.4. The lowest BCUT2D eigenvalue weighted by molar-refractivity contribution is 0.304. The number of hydrogen-bond acceptors (Lipinski definition) is 0. The van der Waals surface area contributed by atoms with Crippen molar-refractivity contribution in [2.45, 2.75) is 131 Å². The minimum absolute atomic E-state index is 0.519. The summed E-state index contributed by atoms with van der Waals surface area (Å²) in [6, 6.07) is 0. The first-order chi connectivity index (χ1) is 10.9. The second-order valence-corrected chi connectivity index (χ2v) is 9.36. The van der Waals surface area contributed by atoms with E-state index >= 15 is 0 Å². The summed E-state index contributed by atoms with van der Waals surface area (Å²) in [6.07, 6.45) is 20.2. The zero-order valence-corrected chi connectivity index (χ0v) is 17.6. The van der Waals surface area contributed by atoms with Gasteiger partial charge in [-0.1, -0.05) is 119 Å². The molecule has 140 valence electrons. The fourth-order valence-electron chi connectivity index (χ4n) is 3.84. The Hall–Kier alpha value is 0. The lowest BCUT2D eigenvalue weighted by Gasteiger charge is -2.22. The molecule has 0 spiro atoms. The summed E-state index contributed by atoms with van der Waals surface area (Å²) in [6.45, 7) is 14.3. The van der Waals surface area contributed by atoms with Crippen molar-refractivity contribution in [2.75, 3.05) is 0 Å². The molecule has 0 aromatic carbocycles. The lowest BCUT2D eigenvalue weighted by Crippen LogP contribution is -2.08. The van der Waals surface area contributed by atoms with Gasteiger partial charge >= 0.3 is 0 Å². The third-order valence-electron chi connectivity index (χ3n) is 5.27.